The van der Waals surface area contributed by atoms with Crippen LogP contribution in [-0.2, 0) is 16.6 Å². The summed E-state index contributed by atoms with van der Waals surface area (Å²) in [6.45, 7) is 4.90. The molecule has 0 N–H and O–H groups in total. The highest BCUT2D eigenvalue weighted by Gasteiger charge is 2.28. The second-order valence-electron chi connectivity index (χ2n) is 7.44. The van der Waals surface area contributed by atoms with E-state index in [0.717, 1.165) is 18.4 Å². The molecular weight excluding hydrogens is 404 g/mol. The van der Waals surface area contributed by atoms with E-state index in [1.807, 2.05) is 25.1 Å². The minimum Gasteiger partial charge on any atom is -0.486 e. The zero-order valence-corrected chi connectivity index (χ0v) is 17.9. The van der Waals surface area contributed by atoms with E-state index in [9.17, 15) is 13.2 Å². The number of amides is 1. The average molecular weight is 431 g/mol. The number of nitrogens with zero attached hydrogens (tertiary/aromatic N) is 2. The highest BCUT2D eigenvalue weighted by molar-refractivity contribution is 7.89. The van der Waals surface area contributed by atoms with Gasteiger partial charge in [0.1, 0.15) is 13.2 Å². The zero-order valence-electron chi connectivity index (χ0n) is 17.0. The Labute approximate surface area is 177 Å². The molecule has 2 aromatic carbocycles. The quantitative estimate of drug-likeness (QED) is 0.704. The molecule has 30 heavy (non-hydrogen) atoms. The van der Waals surface area contributed by atoms with Crippen LogP contribution in [0.4, 0.5) is 0 Å². The van der Waals surface area contributed by atoms with Gasteiger partial charge in [-0.3, -0.25) is 4.79 Å². The van der Waals surface area contributed by atoms with E-state index in [0.29, 0.717) is 56.5 Å². The first kappa shape index (κ1) is 20.7. The molecule has 160 valence electrons. The van der Waals surface area contributed by atoms with Crippen molar-refractivity contribution in [1.82, 2.24) is 9.21 Å². The van der Waals surface area contributed by atoms with Crippen molar-refractivity contribution in [2.75, 3.05) is 32.8 Å². The first-order valence-electron chi connectivity index (χ1n) is 10.3. The molecule has 2 heterocycles. The largest absolute Gasteiger partial charge is 0.486 e. The van der Waals surface area contributed by atoms with Gasteiger partial charge >= 0.3 is 0 Å². The van der Waals surface area contributed by atoms with Gasteiger partial charge in [0.15, 0.2) is 11.5 Å². The summed E-state index contributed by atoms with van der Waals surface area (Å²) in [6.07, 6.45) is 1.74. The summed E-state index contributed by atoms with van der Waals surface area (Å²) in [4.78, 5) is 15.0. The molecule has 2 aromatic rings. The normalized spacial score (nSPS) is 16.4. The predicted octanol–water partition coefficient (Wildman–Crippen LogP) is 2.90. The summed E-state index contributed by atoms with van der Waals surface area (Å²) < 4.78 is 38.4. The van der Waals surface area contributed by atoms with Crippen molar-refractivity contribution in [3.8, 4) is 11.5 Å². The van der Waals surface area contributed by atoms with Gasteiger partial charge in [-0.25, -0.2) is 8.42 Å². The smallest absolute Gasteiger partial charge is 0.254 e. The lowest BCUT2D eigenvalue weighted by molar-refractivity contribution is 0.0752. The molecule has 0 unspecified atom stereocenters. The van der Waals surface area contributed by atoms with Crippen LogP contribution in [0.2, 0.25) is 0 Å². The number of ether oxygens (including phenoxy) is 2. The van der Waals surface area contributed by atoms with Crippen LogP contribution in [0, 0.1) is 0 Å². The molecule has 0 spiro atoms. The number of benzene rings is 2. The molecule has 0 bridgehead atoms. The topological polar surface area (TPSA) is 76.1 Å². The van der Waals surface area contributed by atoms with Crippen LogP contribution in [0.25, 0.3) is 0 Å². The van der Waals surface area contributed by atoms with Crippen LogP contribution < -0.4 is 9.47 Å². The Morgan fingerprint density at radius 1 is 1.03 bits per heavy atom. The lowest BCUT2D eigenvalue weighted by Crippen LogP contribution is -2.31. The van der Waals surface area contributed by atoms with E-state index < -0.39 is 10.0 Å². The Balaban J connectivity index is 1.54. The number of rotatable bonds is 6. The van der Waals surface area contributed by atoms with Crippen molar-refractivity contribution in [1.29, 1.82) is 0 Å². The first-order chi connectivity index (χ1) is 14.5. The van der Waals surface area contributed by atoms with Gasteiger partial charge in [-0.2, -0.15) is 4.31 Å². The summed E-state index contributed by atoms with van der Waals surface area (Å²) in [5.74, 6) is 1.19. The molecule has 2 aliphatic rings. The van der Waals surface area contributed by atoms with E-state index in [1.165, 1.54) is 10.4 Å². The number of hydrogen-bond donors (Lipinski definition) is 0. The second-order valence-corrected chi connectivity index (χ2v) is 9.37. The molecule has 1 amide bonds. The second kappa shape index (κ2) is 8.65. The van der Waals surface area contributed by atoms with Gasteiger partial charge < -0.3 is 14.4 Å². The number of hydrogen-bond acceptors (Lipinski definition) is 5. The maximum Gasteiger partial charge on any atom is 0.254 e. The number of carbonyl (C=O) groups excluding carboxylic acids is 1. The van der Waals surface area contributed by atoms with Gasteiger partial charge in [0.25, 0.3) is 5.91 Å². The van der Waals surface area contributed by atoms with Gasteiger partial charge in [-0.05, 0) is 55.7 Å². The lowest BCUT2D eigenvalue weighted by atomic mass is 10.1. The maximum atomic E-state index is 13.1. The summed E-state index contributed by atoms with van der Waals surface area (Å²) in [5, 5.41) is 0. The summed E-state index contributed by atoms with van der Waals surface area (Å²) in [7, 11) is -3.56. The minimum absolute atomic E-state index is 0.172. The van der Waals surface area contributed by atoms with Crippen LogP contribution >= 0.6 is 0 Å². The zero-order chi connectivity index (χ0) is 21.1. The van der Waals surface area contributed by atoms with Crippen LogP contribution in [0.15, 0.2) is 47.4 Å². The average Bonchev–Trinajstić information content (AvgIpc) is 3.33. The van der Waals surface area contributed by atoms with Crippen LogP contribution in [0.3, 0.4) is 0 Å². The molecule has 0 saturated carbocycles. The van der Waals surface area contributed by atoms with Gasteiger partial charge in [0.05, 0.1) is 4.90 Å². The third-order valence-electron chi connectivity index (χ3n) is 5.43. The van der Waals surface area contributed by atoms with E-state index in [1.54, 1.807) is 23.1 Å². The molecule has 8 heteroatoms. The van der Waals surface area contributed by atoms with Crippen molar-refractivity contribution in [2.45, 2.75) is 31.2 Å². The monoisotopic (exact) mass is 430 g/mol. The predicted molar refractivity (Wildman–Crippen MR) is 112 cm³/mol. The van der Waals surface area contributed by atoms with E-state index in [4.69, 9.17) is 9.47 Å². The summed E-state index contributed by atoms with van der Waals surface area (Å²) in [5.41, 5.74) is 1.30. The SMILES string of the molecule is CCN(Cc1ccc2c(c1)OCCO2)C(=O)c1cccc(S(=O)(=O)N2CCCC2)c1. The third kappa shape index (κ3) is 4.15. The van der Waals surface area contributed by atoms with Crippen LogP contribution in [0.1, 0.15) is 35.7 Å². The number of carbonyl (C=O) groups is 1. The summed E-state index contributed by atoms with van der Waals surface area (Å²) >= 11 is 0. The Kier molecular flexibility index (Phi) is 5.97. The first-order valence-corrected chi connectivity index (χ1v) is 11.7. The van der Waals surface area contributed by atoms with Gasteiger partial charge in [0, 0.05) is 31.7 Å². The van der Waals surface area contributed by atoms with Crippen molar-refractivity contribution >= 4 is 15.9 Å². The van der Waals surface area contributed by atoms with Crippen molar-refractivity contribution in [3.05, 3.63) is 53.6 Å². The highest BCUT2D eigenvalue weighted by Crippen LogP contribution is 2.31. The molecule has 7 nitrogen and oxygen atoms in total. The molecule has 0 atom stereocenters. The van der Waals surface area contributed by atoms with Gasteiger partial charge in [-0.15, -0.1) is 0 Å². The van der Waals surface area contributed by atoms with Gasteiger partial charge in [-0.1, -0.05) is 12.1 Å². The van der Waals surface area contributed by atoms with Gasteiger partial charge in [0.2, 0.25) is 10.0 Å². The molecule has 1 fully saturated rings. The molecular formula is C22H26N2O5S. The highest BCUT2D eigenvalue weighted by atomic mass is 32.2. The molecule has 0 aliphatic carbocycles. The molecule has 0 aromatic heterocycles. The van der Waals surface area contributed by atoms with E-state index in [2.05, 4.69) is 0 Å². The Bertz CT molecular complexity index is 1030. The molecule has 2 aliphatic heterocycles. The van der Waals surface area contributed by atoms with Crippen molar-refractivity contribution < 1.29 is 22.7 Å². The fourth-order valence-corrected chi connectivity index (χ4v) is 5.35. The minimum atomic E-state index is -3.56. The molecule has 0 radical (unpaired) electrons. The van der Waals surface area contributed by atoms with Crippen LogP contribution in [0.5, 0.6) is 11.5 Å². The number of fused-ring (bicyclic) bond motifs is 1. The lowest BCUT2D eigenvalue weighted by Gasteiger charge is -2.23. The van der Waals surface area contributed by atoms with Crippen molar-refractivity contribution in [3.63, 3.8) is 0 Å². The Morgan fingerprint density at radius 2 is 1.77 bits per heavy atom. The Hall–Kier alpha value is -2.58. The van der Waals surface area contributed by atoms with Crippen LogP contribution in [-0.4, -0.2) is 56.4 Å². The summed E-state index contributed by atoms with van der Waals surface area (Å²) in [6, 6.07) is 12.0. The molecule has 1 saturated heterocycles. The van der Waals surface area contributed by atoms with E-state index in [-0.39, 0.29) is 10.8 Å². The molecule has 4 rings (SSSR count). The fourth-order valence-electron chi connectivity index (χ4n) is 3.78. The third-order valence-corrected chi connectivity index (χ3v) is 7.33. The fraction of sp³-hybridized carbons (Fsp3) is 0.409. The number of sulfonamides is 1. The maximum absolute atomic E-state index is 13.1. The van der Waals surface area contributed by atoms with E-state index >= 15 is 0 Å². The Morgan fingerprint density at radius 3 is 2.50 bits per heavy atom. The van der Waals surface area contributed by atoms with Crippen molar-refractivity contribution in [2.24, 2.45) is 0 Å². The standard InChI is InChI=1S/C22H26N2O5S/c1-2-23(16-17-8-9-20-21(14-17)29-13-12-28-20)22(25)18-6-5-7-19(15-18)30(26,27)24-10-3-4-11-24/h5-9,14-15H,2-4,10-13,16H2,1H3.